The molecular weight excluding hydrogens is 292 g/mol. The van der Waals surface area contributed by atoms with E-state index in [4.69, 9.17) is 5.73 Å². The fourth-order valence-electron chi connectivity index (χ4n) is 3.66. The number of nitrogens with two attached hydrogens (primary N) is 1. The number of aromatic nitrogens is 1. The Morgan fingerprint density at radius 2 is 1.92 bits per heavy atom. The normalized spacial score (nSPS) is 14.1. The molecule has 1 aliphatic rings. The van der Waals surface area contributed by atoms with Crippen LogP contribution in [0.25, 0.3) is 17.0 Å². The Kier molecular flexibility index (Phi) is 4.67. The third-order valence-electron chi connectivity index (χ3n) is 4.97. The van der Waals surface area contributed by atoms with Crippen molar-refractivity contribution in [2.45, 2.75) is 66.2 Å². The molecule has 2 nitrogen and oxygen atoms in total. The standard InChI is InChI=1S/C22H30N2/c1-15-12-17-18-14-16(8-6-5-7-11-22(2,3)4)9-10-20(18)24-21(23)19(17)13-15/h9-10,13-14H,5-8,11-12H2,1-4H3,(H2,23,24). The summed E-state index contributed by atoms with van der Waals surface area (Å²) in [5, 5.41) is 1.29. The van der Waals surface area contributed by atoms with Gasteiger partial charge in [0.2, 0.25) is 0 Å². The number of unbranched alkanes of at least 4 members (excludes halogenated alkanes) is 2. The molecule has 1 aliphatic carbocycles. The van der Waals surface area contributed by atoms with Gasteiger partial charge in [0.1, 0.15) is 5.82 Å². The van der Waals surface area contributed by atoms with Crippen molar-refractivity contribution in [1.29, 1.82) is 0 Å². The molecule has 0 aliphatic heterocycles. The lowest BCUT2D eigenvalue weighted by atomic mass is 9.89. The minimum absolute atomic E-state index is 0.458. The van der Waals surface area contributed by atoms with Crippen molar-refractivity contribution >= 4 is 22.8 Å². The number of aryl methyl sites for hydroxylation is 1. The van der Waals surface area contributed by atoms with E-state index in [1.807, 2.05) is 0 Å². The molecular formula is C22H30N2. The highest BCUT2D eigenvalue weighted by Gasteiger charge is 2.17. The molecule has 2 aromatic rings. The maximum atomic E-state index is 6.13. The molecule has 128 valence electrons. The Labute approximate surface area is 146 Å². The molecule has 2 N–H and O–H groups in total. The second kappa shape index (κ2) is 6.58. The molecule has 0 atom stereocenters. The van der Waals surface area contributed by atoms with Gasteiger partial charge in [-0.3, -0.25) is 0 Å². The molecule has 0 amide bonds. The van der Waals surface area contributed by atoms with Crippen molar-refractivity contribution in [1.82, 2.24) is 4.98 Å². The Morgan fingerprint density at radius 1 is 1.12 bits per heavy atom. The zero-order valence-electron chi connectivity index (χ0n) is 15.6. The predicted octanol–water partition coefficient (Wildman–Crippen LogP) is 5.93. The first-order chi connectivity index (χ1) is 11.3. The van der Waals surface area contributed by atoms with E-state index in [1.165, 1.54) is 47.8 Å². The van der Waals surface area contributed by atoms with Gasteiger partial charge in [-0.15, -0.1) is 0 Å². The Morgan fingerprint density at radius 3 is 2.67 bits per heavy atom. The number of pyridine rings is 1. The SMILES string of the molecule is CC1=Cc2c(N)nc3ccc(CCCCCC(C)(C)C)cc3c2C1. The number of nitrogen functional groups attached to an aromatic ring is 1. The Bertz CT molecular complexity index is 779. The number of benzene rings is 1. The van der Waals surface area contributed by atoms with Gasteiger partial charge in [-0.05, 0) is 61.3 Å². The van der Waals surface area contributed by atoms with Gasteiger partial charge in [0.15, 0.2) is 0 Å². The number of nitrogens with zero attached hydrogens (tertiary/aromatic N) is 1. The highest BCUT2D eigenvalue weighted by molar-refractivity contribution is 5.91. The monoisotopic (exact) mass is 322 g/mol. The van der Waals surface area contributed by atoms with Gasteiger partial charge in [0.25, 0.3) is 0 Å². The largest absolute Gasteiger partial charge is 0.383 e. The van der Waals surface area contributed by atoms with Crippen LogP contribution in [0.1, 0.15) is 70.1 Å². The summed E-state index contributed by atoms with van der Waals surface area (Å²) in [5.74, 6) is 0.671. The van der Waals surface area contributed by atoms with Crippen LogP contribution in [0.2, 0.25) is 0 Å². The lowest BCUT2D eigenvalue weighted by Gasteiger charge is -2.17. The van der Waals surface area contributed by atoms with Gasteiger partial charge >= 0.3 is 0 Å². The van der Waals surface area contributed by atoms with Crippen LogP contribution in [-0.4, -0.2) is 4.98 Å². The van der Waals surface area contributed by atoms with E-state index in [2.05, 4.69) is 57.0 Å². The third-order valence-corrected chi connectivity index (χ3v) is 4.97. The second-order valence-corrected chi connectivity index (χ2v) is 8.53. The first kappa shape index (κ1) is 17.0. The van der Waals surface area contributed by atoms with Crippen molar-refractivity contribution in [3.05, 3.63) is 40.5 Å². The fraction of sp³-hybridized carbons (Fsp3) is 0.500. The van der Waals surface area contributed by atoms with Crippen LogP contribution in [-0.2, 0) is 12.8 Å². The summed E-state index contributed by atoms with van der Waals surface area (Å²) in [5.41, 5.74) is 12.9. The highest BCUT2D eigenvalue weighted by Crippen LogP contribution is 2.34. The first-order valence-corrected chi connectivity index (χ1v) is 9.22. The molecule has 1 aromatic heterocycles. The van der Waals surface area contributed by atoms with Crippen LogP contribution in [0.4, 0.5) is 5.82 Å². The van der Waals surface area contributed by atoms with Gasteiger partial charge in [-0.1, -0.05) is 51.3 Å². The minimum Gasteiger partial charge on any atom is -0.383 e. The predicted molar refractivity (Wildman–Crippen MR) is 105 cm³/mol. The number of anilines is 1. The summed E-state index contributed by atoms with van der Waals surface area (Å²) in [6.07, 6.45) is 9.58. The summed E-state index contributed by atoms with van der Waals surface area (Å²) in [6, 6.07) is 6.71. The van der Waals surface area contributed by atoms with E-state index in [0.29, 0.717) is 11.2 Å². The number of allylic oxidation sites excluding steroid dienone is 1. The Hall–Kier alpha value is -1.83. The number of rotatable bonds is 5. The van der Waals surface area contributed by atoms with Crippen molar-refractivity contribution in [2.75, 3.05) is 5.73 Å². The maximum Gasteiger partial charge on any atom is 0.131 e. The maximum absolute atomic E-state index is 6.13. The molecule has 0 saturated heterocycles. The van der Waals surface area contributed by atoms with Crippen molar-refractivity contribution in [3.63, 3.8) is 0 Å². The molecule has 1 aromatic carbocycles. The molecule has 0 saturated carbocycles. The first-order valence-electron chi connectivity index (χ1n) is 9.22. The molecule has 0 bridgehead atoms. The van der Waals surface area contributed by atoms with E-state index < -0.39 is 0 Å². The number of hydrogen-bond donors (Lipinski definition) is 1. The Balaban J connectivity index is 1.71. The van der Waals surface area contributed by atoms with Gasteiger partial charge < -0.3 is 5.73 Å². The van der Waals surface area contributed by atoms with E-state index in [9.17, 15) is 0 Å². The second-order valence-electron chi connectivity index (χ2n) is 8.53. The molecule has 2 heteroatoms. The number of hydrogen-bond acceptors (Lipinski definition) is 2. The quantitative estimate of drug-likeness (QED) is 0.693. The third kappa shape index (κ3) is 3.80. The summed E-state index contributed by atoms with van der Waals surface area (Å²) < 4.78 is 0. The van der Waals surface area contributed by atoms with Crippen molar-refractivity contribution in [3.8, 4) is 0 Å². The van der Waals surface area contributed by atoms with Gasteiger partial charge in [-0.2, -0.15) is 0 Å². The van der Waals surface area contributed by atoms with Crippen LogP contribution >= 0.6 is 0 Å². The van der Waals surface area contributed by atoms with Crippen molar-refractivity contribution < 1.29 is 0 Å². The van der Waals surface area contributed by atoms with Crippen molar-refractivity contribution in [2.24, 2.45) is 5.41 Å². The van der Waals surface area contributed by atoms with Gasteiger partial charge in [0, 0.05) is 10.9 Å². The molecule has 1 heterocycles. The summed E-state index contributed by atoms with van der Waals surface area (Å²) >= 11 is 0. The lowest BCUT2D eigenvalue weighted by molar-refractivity contribution is 0.358. The summed E-state index contributed by atoms with van der Waals surface area (Å²) in [4.78, 5) is 4.59. The number of fused-ring (bicyclic) bond motifs is 3. The molecule has 3 rings (SSSR count). The molecule has 0 fully saturated rings. The average Bonchev–Trinajstić information content (AvgIpc) is 2.89. The summed E-state index contributed by atoms with van der Waals surface area (Å²) in [6.45, 7) is 9.15. The van der Waals surface area contributed by atoms with Gasteiger partial charge in [0.05, 0.1) is 5.52 Å². The minimum atomic E-state index is 0.458. The fourth-order valence-corrected chi connectivity index (χ4v) is 3.66. The van der Waals surface area contributed by atoms with Crippen LogP contribution in [0.5, 0.6) is 0 Å². The zero-order valence-corrected chi connectivity index (χ0v) is 15.6. The van der Waals surface area contributed by atoms with E-state index in [0.717, 1.165) is 23.9 Å². The topological polar surface area (TPSA) is 38.9 Å². The molecule has 0 radical (unpaired) electrons. The van der Waals surface area contributed by atoms with Crippen LogP contribution < -0.4 is 5.73 Å². The van der Waals surface area contributed by atoms with E-state index in [1.54, 1.807) is 0 Å². The lowest BCUT2D eigenvalue weighted by Crippen LogP contribution is -2.04. The average molecular weight is 322 g/mol. The molecule has 0 spiro atoms. The van der Waals surface area contributed by atoms with Crippen LogP contribution in [0, 0.1) is 5.41 Å². The molecule has 0 unspecified atom stereocenters. The van der Waals surface area contributed by atoms with Crippen LogP contribution in [0.15, 0.2) is 23.8 Å². The summed E-state index contributed by atoms with van der Waals surface area (Å²) in [7, 11) is 0. The van der Waals surface area contributed by atoms with E-state index >= 15 is 0 Å². The van der Waals surface area contributed by atoms with E-state index in [-0.39, 0.29) is 0 Å². The van der Waals surface area contributed by atoms with Gasteiger partial charge in [-0.25, -0.2) is 4.98 Å². The highest BCUT2D eigenvalue weighted by atomic mass is 14.8. The zero-order chi connectivity index (χ0) is 17.3. The smallest absolute Gasteiger partial charge is 0.131 e. The van der Waals surface area contributed by atoms with Crippen LogP contribution in [0.3, 0.4) is 0 Å². The molecule has 24 heavy (non-hydrogen) atoms.